The molecule has 7 heteroatoms. The van der Waals surface area contributed by atoms with Crippen LogP contribution in [-0.2, 0) is 14.3 Å². The summed E-state index contributed by atoms with van der Waals surface area (Å²) in [6.07, 6.45) is 1.57. The molecule has 30 heavy (non-hydrogen) atoms. The Morgan fingerprint density at radius 3 is 2.63 bits per heavy atom. The van der Waals surface area contributed by atoms with Crippen molar-refractivity contribution in [2.45, 2.75) is 38.3 Å². The van der Waals surface area contributed by atoms with E-state index < -0.39 is 11.9 Å². The zero-order chi connectivity index (χ0) is 21.3. The molecule has 0 N–H and O–H groups in total. The van der Waals surface area contributed by atoms with Gasteiger partial charge >= 0.3 is 0 Å². The maximum atomic E-state index is 13.4. The van der Waals surface area contributed by atoms with Gasteiger partial charge in [0.15, 0.2) is 0 Å². The molecule has 0 aromatic heterocycles. The van der Waals surface area contributed by atoms with Crippen LogP contribution >= 0.6 is 11.6 Å². The van der Waals surface area contributed by atoms with E-state index in [1.165, 1.54) is 4.90 Å². The maximum Gasteiger partial charge on any atom is 0.257 e. The molecular formula is C23H23ClN2O4. The van der Waals surface area contributed by atoms with Crippen molar-refractivity contribution in [1.82, 2.24) is 4.90 Å². The summed E-state index contributed by atoms with van der Waals surface area (Å²) in [6, 6.07) is 12.9. The number of carbonyl (C=O) groups excluding carboxylic acids is 3. The van der Waals surface area contributed by atoms with E-state index in [-0.39, 0.29) is 30.9 Å². The van der Waals surface area contributed by atoms with Crippen LogP contribution in [0.15, 0.2) is 48.5 Å². The third-order valence-corrected chi connectivity index (χ3v) is 5.79. The van der Waals surface area contributed by atoms with Crippen LogP contribution in [0.25, 0.3) is 0 Å². The van der Waals surface area contributed by atoms with Crippen LogP contribution in [0.1, 0.15) is 35.2 Å². The van der Waals surface area contributed by atoms with Crippen LogP contribution < -0.4 is 4.90 Å². The fourth-order valence-electron chi connectivity index (χ4n) is 4.02. The van der Waals surface area contributed by atoms with Gasteiger partial charge in [0.05, 0.1) is 18.2 Å². The van der Waals surface area contributed by atoms with E-state index in [9.17, 15) is 14.4 Å². The first kappa shape index (κ1) is 20.6. The molecule has 4 rings (SSSR count). The highest BCUT2D eigenvalue weighted by Crippen LogP contribution is 2.29. The predicted octanol–water partition coefficient (Wildman–Crippen LogP) is 3.60. The second kappa shape index (κ2) is 8.58. The normalized spacial score (nSPS) is 21.3. The summed E-state index contributed by atoms with van der Waals surface area (Å²) in [7, 11) is 0. The zero-order valence-electron chi connectivity index (χ0n) is 16.7. The number of aryl methyl sites for hydroxylation is 1. The van der Waals surface area contributed by atoms with E-state index >= 15 is 0 Å². The van der Waals surface area contributed by atoms with Crippen molar-refractivity contribution < 1.29 is 19.1 Å². The minimum absolute atomic E-state index is 0.0499. The Morgan fingerprint density at radius 2 is 1.97 bits per heavy atom. The smallest absolute Gasteiger partial charge is 0.257 e. The Kier molecular flexibility index (Phi) is 5.88. The quantitative estimate of drug-likeness (QED) is 0.685. The molecular weight excluding hydrogens is 404 g/mol. The highest BCUT2D eigenvalue weighted by atomic mass is 35.5. The summed E-state index contributed by atoms with van der Waals surface area (Å²) in [5.41, 5.74) is 1.91. The molecule has 0 radical (unpaired) electrons. The molecule has 2 fully saturated rings. The molecule has 0 aliphatic carbocycles. The van der Waals surface area contributed by atoms with Crippen molar-refractivity contribution in [2.75, 3.05) is 18.1 Å². The van der Waals surface area contributed by atoms with Gasteiger partial charge in [-0.3, -0.25) is 14.4 Å². The van der Waals surface area contributed by atoms with E-state index in [4.69, 9.17) is 16.3 Å². The molecule has 0 bridgehead atoms. The molecule has 2 saturated heterocycles. The van der Waals surface area contributed by atoms with Crippen LogP contribution in [0.3, 0.4) is 0 Å². The van der Waals surface area contributed by atoms with E-state index in [1.54, 1.807) is 36.4 Å². The molecule has 2 heterocycles. The SMILES string of the molecule is Cc1cccc(C(=O)N(CC2CCCO2)C2CC(=O)N(c3ccc(Cl)cc3)C2=O)c1. The van der Waals surface area contributed by atoms with Gasteiger partial charge in [-0.1, -0.05) is 29.3 Å². The number of halogens is 1. The van der Waals surface area contributed by atoms with E-state index in [2.05, 4.69) is 0 Å². The minimum atomic E-state index is -0.856. The fraction of sp³-hybridized carbons (Fsp3) is 0.348. The number of carbonyl (C=O) groups is 3. The van der Waals surface area contributed by atoms with Crippen molar-refractivity contribution in [3.05, 3.63) is 64.7 Å². The van der Waals surface area contributed by atoms with E-state index in [1.807, 2.05) is 19.1 Å². The van der Waals surface area contributed by atoms with E-state index in [0.717, 1.165) is 23.3 Å². The number of hydrogen-bond donors (Lipinski definition) is 0. The van der Waals surface area contributed by atoms with Gasteiger partial charge in [0.1, 0.15) is 6.04 Å². The van der Waals surface area contributed by atoms with Crippen molar-refractivity contribution in [1.29, 1.82) is 0 Å². The molecule has 2 aliphatic heterocycles. The van der Waals surface area contributed by atoms with Crippen molar-refractivity contribution in [3.63, 3.8) is 0 Å². The summed E-state index contributed by atoms with van der Waals surface area (Å²) < 4.78 is 5.72. The number of amides is 3. The van der Waals surface area contributed by atoms with Crippen LogP contribution in [0, 0.1) is 6.92 Å². The average molecular weight is 427 g/mol. The number of ether oxygens (including phenoxy) is 1. The van der Waals surface area contributed by atoms with Gasteiger partial charge in [0, 0.05) is 23.7 Å². The van der Waals surface area contributed by atoms with Crippen LogP contribution in [-0.4, -0.2) is 47.9 Å². The lowest BCUT2D eigenvalue weighted by molar-refractivity contribution is -0.122. The lowest BCUT2D eigenvalue weighted by atomic mass is 10.1. The lowest BCUT2D eigenvalue weighted by Gasteiger charge is -2.30. The first-order valence-electron chi connectivity index (χ1n) is 10.1. The molecule has 3 amide bonds. The molecule has 156 valence electrons. The largest absolute Gasteiger partial charge is 0.376 e. The number of benzene rings is 2. The first-order valence-corrected chi connectivity index (χ1v) is 10.4. The van der Waals surface area contributed by atoms with Gasteiger partial charge in [0.25, 0.3) is 11.8 Å². The Balaban J connectivity index is 1.64. The standard InChI is InChI=1S/C23H23ClN2O4/c1-15-4-2-5-16(12-15)22(28)25(14-19-6-3-11-30-19)20-13-21(27)26(23(20)29)18-9-7-17(24)8-10-18/h2,4-5,7-10,12,19-20H,3,6,11,13-14H2,1H3. The summed E-state index contributed by atoms with van der Waals surface area (Å²) in [4.78, 5) is 42.0. The third-order valence-electron chi connectivity index (χ3n) is 5.53. The summed E-state index contributed by atoms with van der Waals surface area (Å²) in [6.45, 7) is 2.84. The lowest BCUT2D eigenvalue weighted by Crippen LogP contribution is -2.48. The number of hydrogen-bond acceptors (Lipinski definition) is 4. The molecule has 2 aromatic rings. The van der Waals surface area contributed by atoms with E-state index in [0.29, 0.717) is 22.9 Å². The number of anilines is 1. The highest BCUT2D eigenvalue weighted by Gasteiger charge is 2.45. The first-order chi connectivity index (χ1) is 14.4. The van der Waals surface area contributed by atoms with Crippen molar-refractivity contribution >= 4 is 35.0 Å². The fourth-order valence-corrected chi connectivity index (χ4v) is 4.15. The predicted molar refractivity (Wildman–Crippen MR) is 114 cm³/mol. The molecule has 0 spiro atoms. The highest BCUT2D eigenvalue weighted by molar-refractivity contribution is 6.31. The molecule has 2 aromatic carbocycles. The minimum Gasteiger partial charge on any atom is -0.376 e. The summed E-state index contributed by atoms with van der Waals surface area (Å²) in [5, 5.41) is 0.518. The maximum absolute atomic E-state index is 13.4. The molecule has 6 nitrogen and oxygen atoms in total. The topological polar surface area (TPSA) is 66.9 Å². The third kappa shape index (κ3) is 4.11. The van der Waals surface area contributed by atoms with Gasteiger partial charge < -0.3 is 9.64 Å². The molecule has 0 saturated carbocycles. The number of imide groups is 1. The number of rotatable bonds is 5. The van der Waals surface area contributed by atoms with Crippen LogP contribution in [0.4, 0.5) is 5.69 Å². The second-order valence-corrected chi connectivity index (χ2v) is 8.16. The average Bonchev–Trinajstić information content (AvgIpc) is 3.34. The second-order valence-electron chi connectivity index (χ2n) is 7.73. The van der Waals surface area contributed by atoms with Gasteiger partial charge in [-0.15, -0.1) is 0 Å². The molecule has 2 atom stereocenters. The van der Waals surface area contributed by atoms with Gasteiger partial charge in [-0.05, 0) is 56.2 Å². The Morgan fingerprint density at radius 1 is 1.20 bits per heavy atom. The Bertz CT molecular complexity index is 969. The van der Waals surface area contributed by atoms with Crippen LogP contribution in [0.2, 0.25) is 5.02 Å². The summed E-state index contributed by atoms with van der Waals surface area (Å²) >= 11 is 5.93. The Hall–Kier alpha value is -2.70. The van der Waals surface area contributed by atoms with Crippen LogP contribution in [0.5, 0.6) is 0 Å². The number of nitrogens with zero attached hydrogens (tertiary/aromatic N) is 2. The van der Waals surface area contributed by atoms with Crippen molar-refractivity contribution in [3.8, 4) is 0 Å². The zero-order valence-corrected chi connectivity index (χ0v) is 17.5. The van der Waals surface area contributed by atoms with Gasteiger partial charge in [0.2, 0.25) is 5.91 Å². The summed E-state index contributed by atoms with van der Waals surface area (Å²) in [5.74, 6) is -0.999. The van der Waals surface area contributed by atoms with Gasteiger partial charge in [-0.2, -0.15) is 0 Å². The Labute approximate surface area is 180 Å². The van der Waals surface area contributed by atoms with Crippen molar-refractivity contribution in [2.24, 2.45) is 0 Å². The monoisotopic (exact) mass is 426 g/mol. The van der Waals surface area contributed by atoms with Gasteiger partial charge in [-0.25, -0.2) is 4.90 Å². The molecule has 2 unspecified atom stereocenters. The molecule has 2 aliphatic rings.